The summed E-state index contributed by atoms with van der Waals surface area (Å²) in [7, 11) is -3.00. The molecule has 1 rings (SSSR count). The van der Waals surface area contributed by atoms with Crippen molar-refractivity contribution in [1.82, 2.24) is 5.10 Å². The molecule has 1 heterocycles. The molecule has 0 radical (unpaired) electrons. The molecule has 0 amide bonds. The van der Waals surface area contributed by atoms with Crippen molar-refractivity contribution < 1.29 is 33.6 Å². The molecule has 7 heteroatoms. The van der Waals surface area contributed by atoms with Crippen molar-refractivity contribution in [3.63, 3.8) is 0 Å². The molecule has 0 saturated heterocycles. The van der Waals surface area contributed by atoms with Crippen LogP contribution in [0.5, 0.6) is 0 Å². The van der Waals surface area contributed by atoms with Gasteiger partial charge in [0.15, 0.2) is 13.2 Å². The van der Waals surface area contributed by atoms with Gasteiger partial charge in [0.2, 0.25) is 0 Å². The van der Waals surface area contributed by atoms with Crippen molar-refractivity contribution in [1.29, 1.82) is 0 Å². The summed E-state index contributed by atoms with van der Waals surface area (Å²) in [6, 6.07) is 1.94. The molecular weight excluding hydrogens is 176 g/mol. The number of H-pyrrole nitrogens is 1. The maximum absolute atomic E-state index is 8.49. The van der Waals surface area contributed by atoms with Crippen LogP contribution in [0.2, 0.25) is 0 Å². The smallest absolute Gasteiger partial charge is 0.195 e. The van der Waals surface area contributed by atoms with Gasteiger partial charge in [0.1, 0.15) is 0 Å². The first kappa shape index (κ1) is 10.3. The maximum atomic E-state index is 8.49. The number of rotatable bonds is 0. The zero-order chi connectivity index (χ0) is 8.91. The third-order valence-corrected chi connectivity index (χ3v) is 0.684. The van der Waals surface area contributed by atoms with E-state index in [2.05, 4.69) is 5.10 Å². The maximum Gasteiger partial charge on any atom is 0.195 e. The summed E-state index contributed by atoms with van der Waals surface area (Å²) in [5.74, 6) is 0. The Morgan fingerprint density at radius 3 is 1.82 bits per heavy atom. The molecule has 0 saturated carbocycles. The lowest BCUT2D eigenvalue weighted by atomic mass is 10.8. The Bertz CT molecular complexity index is 176. The Kier molecular flexibility index (Phi) is 4.01. The monoisotopic (exact) mass is 182 g/mol. The average molecular weight is 183 g/mol. The summed E-state index contributed by atoms with van der Waals surface area (Å²) in [5.41, 5.74) is 0. The Balaban J connectivity index is 0.000000187. The Labute approximate surface area is 65.0 Å². The van der Waals surface area contributed by atoms with Gasteiger partial charge in [0, 0.05) is 6.07 Å². The van der Waals surface area contributed by atoms with E-state index in [1.807, 2.05) is 30.2 Å². The summed E-state index contributed by atoms with van der Waals surface area (Å²) < 4.78 is 35.8. The molecule has 1 N–H and O–H groups in total. The van der Waals surface area contributed by atoms with Crippen molar-refractivity contribution in [2.75, 3.05) is 0 Å². The van der Waals surface area contributed by atoms with Gasteiger partial charge < -0.3 is 0 Å². The molecule has 6 nitrogen and oxygen atoms in total. The number of aromatic amines is 1. The summed E-state index contributed by atoms with van der Waals surface area (Å²) >= 11 is 0. The fourth-order valence-corrected chi connectivity index (χ4v) is 0.376. The molecule has 0 unspecified atom stereocenters. The van der Waals surface area contributed by atoms with Crippen LogP contribution in [0.3, 0.4) is 0 Å². The second kappa shape index (κ2) is 4.27. The van der Waals surface area contributed by atoms with Gasteiger partial charge in [0.25, 0.3) is 0 Å². The molecule has 0 bridgehead atoms. The summed E-state index contributed by atoms with van der Waals surface area (Å²) in [4.78, 5) is 0. The third kappa shape index (κ3) is 12.5. The first-order chi connectivity index (χ1) is 4.89. The fourth-order valence-electron chi connectivity index (χ4n) is 0.376. The van der Waals surface area contributed by atoms with Crippen molar-refractivity contribution in [3.8, 4) is 0 Å². The number of nitrogens with one attached hydrogen (secondary N) is 1. The fraction of sp³-hybridized carbons (Fsp3) is 0.250. The molecular formula is C4H7ClN2O4. The second-order valence-corrected chi connectivity index (χ2v) is 2.38. The number of hydrogen-bond donors (Lipinski definition) is 1. The Morgan fingerprint density at radius 1 is 1.27 bits per heavy atom. The van der Waals surface area contributed by atoms with E-state index in [0.717, 1.165) is 0 Å². The highest BCUT2D eigenvalue weighted by Crippen LogP contribution is 1.62. The summed E-state index contributed by atoms with van der Waals surface area (Å²) in [6.45, 7) is 0. The molecule has 0 aliphatic rings. The van der Waals surface area contributed by atoms with Crippen LogP contribution >= 0.6 is 0 Å². The highest BCUT2D eigenvalue weighted by molar-refractivity contribution is 4.66. The van der Waals surface area contributed by atoms with E-state index in [9.17, 15) is 0 Å². The van der Waals surface area contributed by atoms with Crippen LogP contribution in [0, 0.1) is 10.2 Å². The van der Waals surface area contributed by atoms with Crippen LogP contribution in [0.25, 0.3) is 0 Å². The zero-order valence-electron chi connectivity index (χ0n) is 5.69. The van der Waals surface area contributed by atoms with Crippen LogP contribution in [0.1, 0.15) is 0 Å². The van der Waals surface area contributed by atoms with Crippen LogP contribution in [-0.4, -0.2) is 5.10 Å². The number of halogens is 1. The Morgan fingerprint density at radius 2 is 1.73 bits per heavy atom. The zero-order valence-corrected chi connectivity index (χ0v) is 6.45. The first-order valence-corrected chi connectivity index (χ1v) is 3.74. The number of aromatic nitrogens is 2. The predicted molar refractivity (Wildman–Crippen MR) is 22.0 cm³/mol. The molecule has 0 aromatic carbocycles. The molecule has 0 aliphatic heterocycles. The van der Waals surface area contributed by atoms with E-state index in [1.165, 1.54) is 0 Å². The van der Waals surface area contributed by atoms with Crippen LogP contribution in [0.4, 0.5) is 0 Å². The molecule has 0 spiro atoms. The van der Waals surface area contributed by atoms with E-state index in [4.69, 9.17) is 18.6 Å². The summed E-state index contributed by atoms with van der Waals surface area (Å²) in [5, 5.41) is 2.92. The van der Waals surface area contributed by atoms with Gasteiger partial charge in [0.05, 0.1) is 6.20 Å². The lowest BCUT2D eigenvalue weighted by molar-refractivity contribution is -2.00. The van der Waals surface area contributed by atoms with Crippen LogP contribution < -0.4 is 23.3 Å². The van der Waals surface area contributed by atoms with Crippen molar-refractivity contribution >= 4 is 0 Å². The third-order valence-electron chi connectivity index (χ3n) is 0.684. The van der Waals surface area contributed by atoms with Crippen molar-refractivity contribution in [2.24, 2.45) is 7.05 Å². The quantitative estimate of drug-likeness (QED) is 0.405. The molecule has 0 atom stereocenters. The number of hydrogen-bond acceptors (Lipinski definition) is 4. The molecule has 11 heavy (non-hydrogen) atoms. The standard InChI is InChI=1S/C4H6N2.ClHO4/c1-6-4-2-3-5-6;2-1(3,4)5/h2-4H,1H3;(H,2,3,4,5). The topological polar surface area (TPSA) is 112 Å². The molecule has 0 fully saturated rings. The van der Waals surface area contributed by atoms with E-state index >= 15 is 0 Å². The van der Waals surface area contributed by atoms with E-state index in [0.29, 0.717) is 0 Å². The van der Waals surface area contributed by atoms with Crippen molar-refractivity contribution in [2.45, 2.75) is 0 Å². The van der Waals surface area contributed by atoms with Gasteiger partial charge >= 0.3 is 0 Å². The van der Waals surface area contributed by atoms with Gasteiger partial charge in [-0.1, -0.05) is 0 Å². The lowest BCUT2D eigenvalue weighted by Gasteiger charge is -2.17. The van der Waals surface area contributed by atoms with Gasteiger partial charge in [-0.05, 0) is 0 Å². The average Bonchev–Trinajstić information content (AvgIpc) is 2.12. The van der Waals surface area contributed by atoms with E-state index < -0.39 is 10.2 Å². The Hall–Kier alpha value is -0.660. The molecule has 0 aliphatic carbocycles. The minimum Gasteiger partial charge on any atom is -0.222 e. The summed E-state index contributed by atoms with van der Waals surface area (Å²) in [6.07, 6.45) is 3.82. The van der Waals surface area contributed by atoms with Crippen LogP contribution in [-0.2, 0) is 7.05 Å². The van der Waals surface area contributed by atoms with Crippen LogP contribution in [0.15, 0.2) is 18.5 Å². The van der Waals surface area contributed by atoms with Gasteiger partial charge in [-0.2, -0.15) is 5.10 Å². The second-order valence-electron chi connectivity index (χ2n) is 1.63. The highest BCUT2D eigenvalue weighted by Gasteiger charge is 1.84. The first-order valence-electron chi connectivity index (χ1n) is 2.50. The molecule has 1 aromatic rings. The molecule has 64 valence electrons. The van der Waals surface area contributed by atoms with E-state index in [1.54, 1.807) is 0 Å². The minimum atomic E-state index is -4.94. The molecule has 1 aromatic heterocycles. The number of nitrogens with zero attached hydrogens (tertiary/aromatic N) is 1. The number of aryl methyl sites for hydroxylation is 1. The predicted octanol–water partition coefficient (Wildman–Crippen LogP) is -4.92. The highest BCUT2D eigenvalue weighted by atomic mass is 35.7. The SMILES string of the molecule is C[n+]1ccc[nH]1.[O-][Cl+3]([O-])([O-])[O-]. The normalized spacial score (nSPS) is 10.3. The lowest BCUT2D eigenvalue weighted by Crippen LogP contribution is -2.68. The minimum absolute atomic E-state index is 1.88. The van der Waals surface area contributed by atoms with Gasteiger partial charge in [-0.25, -0.2) is 18.6 Å². The largest absolute Gasteiger partial charge is 0.222 e. The van der Waals surface area contributed by atoms with Gasteiger partial charge in [-0.3, -0.25) is 0 Å². The van der Waals surface area contributed by atoms with E-state index in [-0.39, 0.29) is 0 Å². The van der Waals surface area contributed by atoms with Gasteiger partial charge in [-0.15, -0.1) is 14.9 Å². The van der Waals surface area contributed by atoms with Crippen molar-refractivity contribution in [3.05, 3.63) is 18.5 Å².